The van der Waals surface area contributed by atoms with E-state index in [0.717, 1.165) is 29.8 Å². The monoisotopic (exact) mass is 454 g/mol. The minimum absolute atomic E-state index is 0.0872. The Balaban J connectivity index is 1.66. The highest BCUT2D eigenvalue weighted by molar-refractivity contribution is 5.68. The summed E-state index contributed by atoms with van der Waals surface area (Å²) in [5.74, 6) is 6.75. The van der Waals surface area contributed by atoms with E-state index in [0.29, 0.717) is 23.6 Å². The largest absolute Gasteiger partial charge is 0.489 e. The Kier molecular flexibility index (Phi) is 8.48. The molecule has 1 saturated carbocycles. The standard InChI is InChI=1S/C24H34N6O3/c1-17-22(33-19-9-5-4-6-10-19)12-11-20(28-17)23(25)21(30(3)26)16-32-24(31)29(2)15-18-8-7-13-27-14-18/h7-8,11-14,19H,4-6,9-10,15-16,25-26H2,1-3H3/b23-21-. The number of hydrogen-bond donors (Lipinski definition) is 2. The summed E-state index contributed by atoms with van der Waals surface area (Å²) in [6.07, 6.45) is 8.97. The summed E-state index contributed by atoms with van der Waals surface area (Å²) in [6, 6.07) is 7.41. The SMILES string of the molecule is Cc1nc(/C(N)=C(\COC(=O)N(C)Cc2cccnc2)N(C)N)ccc1OC1CCCCC1. The van der Waals surface area contributed by atoms with Crippen molar-refractivity contribution in [1.29, 1.82) is 0 Å². The average molecular weight is 455 g/mol. The zero-order valence-electron chi connectivity index (χ0n) is 19.7. The molecular formula is C24H34N6O3. The van der Waals surface area contributed by atoms with Crippen LogP contribution in [0.2, 0.25) is 0 Å². The molecule has 0 radical (unpaired) electrons. The first kappa shape index (κ1) is 24.3. The molecule has 3 rings (SSSR count). The molecule has 0 bridgehead atoms. The van der Waals surface area contributed by atoms with Crippen molar-refractivity contribution in [3.63, 3.8) is 0 Å². The van der Waals surface area contributed by atoms with Crippen LogP contribution >= 0.6 is 0 Å². The fourth-order valence-electron chi connectivity index (χ4n) is 3.77. The van der Waals surface area contributed by atoms with Gasteiger partial charge in [-0.15, -0.1) is 0 Å². The van der Waals surface area contributed by atoms with E-state index in [-0.39, 0.29) is 12.7 Å². The highest BCUT2D eigenvalue weighted by atomic mass is 16.6. The third-order valence-electron chi connectivity index (χ3n) is 5.68. The Morgan fingerprint density at radius 3 is 2.58 bits per heavy atom. The number of rotatable bonds is 8. The Morgan fingerprint density at radius 1 is 1.18 bits per heavy atom. The molecule has 0 spiro atoms. The van der Waals surface area contributed by atoms with Crippen LogP contribution in [0.25, 0.3) is 5.70 Å². The van der Waals surface area contributed by atoms with Gasteiger partial charge in [-0.1, -0.05) is 12.5 Å². The van der Waals surface area contributed by atoms with Crippen LogP contribution in [0, 0.1) is 6.92 Å². The van der Waals surface area contributed by atoms with Crippen LogP contribution in [0.4, 0.5) is 4.79 Å². The number of amides is 1. The highest BCUT2D eigenvalue weighted by Crippen LogP contribution is 2.26. The molecule has 9 heteroatoms. The Bertz CT molecular complexity index is 958. The number of likely N-dealkylation sites (N-methyl/N-ethyl adjacent to an activating group) is 1. The number of hydrogen-bond acceptors (Lipinski definition) is 8. The molecule has 2 heterocycles. The predicted octanol–water partition coefficient (Wildman–Crippen LogP) is 3.20. The van der Waals surface area contributed by atoms with Gasteiger partial charge in [-0.3, -0.25) is 4.98 Å². The summed E-state index contributed by atoms with van der Waals surface area (Å²) in [5, 5.41) is 1.34. The smallest absolute Gasteiger partial charge is 0.410 e. The molecule has 0 aliphatic heterocycles. The van der Waals surface area contributed by atoms with Gasteiger partial charge < -0.3 is 25.1 Å². The molecule has 0 aromatic carbocycles. The van der Waals surface area contributed by atoms with Gasteiger partial charge in [-0.25, -0.2) is 15.6 Å². The summed E-state index contributed by atoms with van der Waals surface area (Å²) in [6.45, 7) is 2.19. The third kappa shape index (κ3) is 6.82. The minimum atomic E-state index is -0.494. The number of pyridine rings is 2. The van der Waals surface area contributed by atoms with Crippen molar-refractivity contribution in [3.8, 4) is 5.75 Å². The molecular weight excluding hydrogens is 420 g/mol. The molecule has 33 heavy (non-hydrogen) atoms. The predicted molar refractivity (Wildman–Crippen MR) is 127 cm³/mol. The Labute approximate surface area is 195 Å². The summed E-state index contributed by atoms with van der Waals surface area (Å²) in [5.41, 5.74) is 9.37. The first-order valence-electron chi connectivity index (χ1n) is 11.2. The number of hydrazine groups is 1. The lowest BCUT2D eigenvalue weighted by Crippen LogP contribution is -2.33. The van der Waals surface area contributed by atoms with Gasteiger partial charge in [0.2, 0.25) is 0 Å². The number of aromatic nitrogens is 2. The van der Waals surface area contributed by atoms with Crippen molar-refractivity contribution in [3.05, 3.63) is 59.3 Å². The minimum Gasteiger partial charge on any atom is -0.489 e. The quantitative estimate of drug-likeness (QED) is 0.461. The van der Waals surface area contributed by atoms with Crippen LogP contribution in [0.15, 0.2) is 42.4 Å². The molecule has 0 saturated heterocycles. The molecule has 4 N–H and O–H groups in total. The lowest BCUT2D eigenvalue weighted by molar-refractivity contribution is 0.111. The van der Waals surface area contributed by atoms with Crippen LogP contribution in [-0.2, 0) is 11.3 Å². The van der Waals surface area contributed by atoms with E-state index < -0.39 is 6.09 Å². The lowest BCUT2D eigenvalue weighted by Gasteiger charge is -2.24. The molecule has 1 fully saturated rings. The fraction of sp³-hybridized carbons (Fsp3) is 0.458. The lowest BCUT2D eigenvalue weighted by atomic mass is 9.98. The van der Waals surface area contributed by atoms with Crippen LogP contribution in [0.3, 0.4) is 0 Å². The van der Waals surface area contributed by atoms with Gasteiger partial charge in [0.15, 0.2) is 0 Å². The molecule has 0 atom stereocenters. The average Bonchev–Trinajstić information content (AvgIpc) is 2.81. The van der Waals surface area contributed by atoms with Gasteiger partial charge >= 0.3 is 6.09 Å². The van der Waals surface area contributed by atoms with E-state index in [1.807, 2.05) is 25.1 Å². The van der Waals surface area contributed by atoms with Gasteiger partial charge in [0, 0.05) is 26.5 Å². The second-order valence-electron chi connectivity index (χ2n) is 8.40. The van der Waals surface area contributed by atoms with Gasteiger partial charge in [0.1, 0.15) is 12.4 Å². The van der Waals surface area contributed by atoms with Gasteiger partial charge in [0.05, 0.1) is 35.4 Å². The van der Waals surface area contributed by atoms with E-state index in [1.54, 1.807) is 32.6 Å². The maximum absolute atomic E-state index is 12.4. The molecule has 0 unspecified atom stereocenters. The van der Waals surface area contributed by atoms with E-state index in [9.17, 15) is 4.79 Å². The second kappa shape index (κ2) is 11.5. The van der Waals surface area contributed by atoms with Crippen LogP contribution in [-0.4, -0.2) is 52.8 Å². The van der Waals surface area contributed by atoms with Crippen molar-refractivity contribution in [2.45, 2.75) is 51.7 Å². The Morgan fingerprint density at radius 2 is 1.94 bits per heavy atom. The zero-order valence-corrected chi connectivity index (χ0v) is 19.7. The summed E-state index contributed by atoms with van der Waals surface area (Å²) < 4.78 is 11.6. The molecule has 1 aliphatic rings. The molecule has 2 aromatic rings. The summed E-state index contributed by atoms with van der Waals surface area (Å²) in [4.78, 5) is 22.6. The van der Waals surface area contributed by atoms with E-state index in [2.05, 4.69) is 9.97 Å². The van der Waals surface area contributed by atoms with Crippen LogP contribution < -0.4 is 16.3 Å². The first-order valence-corrected chi connectivity index (χ1v) is 11.2. The van der Waals surface area contributed by atoms with Gasteiger partial charge in [-0.05, 0) is 56.4 Å². The number of carbonyl (C=O) groups excluding carboxylic acids is 1. The van der Waals surface area contributed by atoms with Crippen LogP contribution in [0.5, 0.6) is 5.75 Å². The zero-order chi connectivity index (χ0) is 23.8. The van der Waals surface area contributed by atoms with Crippen molar-refractivity contribution in [1.82, 2.24) is 19.9 Å². The highest BCUT2D eigenvalue weighted by Gasteiger charge is 2.19. The third-order valence-corrected chi connectivity index (χ3v) is 5.68. The molecule has 9 nitrogen and oxygen atoms in total. The van der Waals surface area contributed by atoms with Crippen molar-refractivity contribution < 1.29 is 14.3 Å². The number of ether oxygens (including phenoxy) is 2. The van der Waals surface area contributed by atoms with Gasteiger partial charge in [-0.2, -0.15) is 0 Å². The molecule has 1 amide bonds. The van der Waals surface area contributed by atoms with E-state index in [4.69, 9.17) is 21.1 Å². The maximum atomic E-state index is 12.4. The molecule has 1 aliphatic carbocycles. The van der Waals surface area contributed by atoms with E-state index >= 15 is 0 Å². The first-order chi connectivity index (χ1) is 15.8. The summed E-state index contributed by atoms with van der Waals surface area (Å²) >= 11 is 0. The molecule has 178 valence electrons. The number of aryl methyl sites for hydroxylation is 1. The van der Waals surface area contributed by atoms with Crippen LogP contribution in [0.1, 0.15) is 49.1 Å². The number of nitrogens with zero attached hydrogens (tertiary/aromatic N) is 4. The second-order valence-corrected chi connectivity index (χ2v) is 8.40. The maximum Gasteiger partial charge on any atom is 0.410 e. The number of nitrogens with two attached hydrogens (primary N) is 2. The molecule has 2 aromatic heterocycles. The van der Waals surface area contributed by atoms with Crippen molar-refractivity contribution >= 4 is 11.8 Å². The van der Waals surface area contributed by atoms with E-state index in [1.165, 1.54) is 29.2 Å². The van der Waals surface area contributed by atoms with Crippen molar-refractivity contribution in [2.24, 2.45) is 11.6 Å². The van der Waals surface area contributed by atoms with Gasteiger partial charge in [0.25, 0.3) is 0 Å². The fourth-order valence-corrected chi connectivity index (χ4v) is 3.77. The topological polar surface area (TPSA) is 120 Å². The summed E-state index contributed by atoms with van der Waals surface area (Å²) in [7, 11) is 3.30. The van der Waals surface area contributed by atoms with Crippen molar-refractivity contribution in [2.75, 3.05) is 20.7 Å². The number of carbonyl (C=O) groups is 1. The Hall–Kier alpha value is -3.33. The normalized spacial score (nSPS) is 14.9.